The van der Waals surface area contributed by atoms with Crippen molar-refractivity contribution in [2.45, 2.75) is 12.7 Å². The molecule has 0 unspecified atom stereocenters. The molecular weight excluding hydrogens is 421 g/mol. The number of nitrogens with zero attached hydrogens (tertiary/aromatic N) is 1. The number of carbonyl (C=O) groups excluding carboxylic acids is 1. The molecule has 0 aliphatic rings. The summed E-state index contributed by atoms with van der Waals surface area (Å²) in [6, 6.07) is 7.11. The number of amides is 2. The van der Waals surface area contributed by atoms with Gasteiger partial charge in [0.05, 0.1) is 13.7 Å². The van der Waals surface area contributed by atoms with E-state index < -0.39 is 18.8 Å². The van der Waals surface area contributed by atoms with E-state index >= 15 is 0 Å². The van der Waals surface area contributed by atoms with E-state index in [0.29, 0.717) is 10.4 Å². The summed E-state index contributed by atoms with van der Waals surface area (Å²) in [7, 11) is 2.86. The number of benzene rings is 1. The number of hydrogen-bond acceptors (Lipinski definition) is 4. The van der Waals surface area contributed by atoms with Gasteiger partial charge in [-0.2, -0.15) is 13.2 Å². The van der Waals surface area contributed by atoms with Crippen LogP contribution in [0.5, 0.6) is 11.5 Å². The zero-order chi connectivity index (χ0) is 19.3. The van der Waals surface area contributed by atoms with Crippen molar-refractivity contribution in [2.24, 2.45) is 0 Å². The molecule has 0 fully saturated rings. The molecule has 2 rings (SSSR count). The van der Waals surface area contributed by atoms with Crippen molar-refractivity contribution in [1.82, 2.24) is 4.90 Å². The maximum absolute atomic E-state index is 12.3. The summed E-state index contributed by atoms with van der Waals surface area (Å²) in [6.07, 6.45) is -4.48. The Balaban J connectivity index is 2.04. The molecule has 2 amide bonds. The zero-order valence-electron chi connectivity index (χ0n) is 13.9. The lowest BCUT2D eigenvalue weighted by molar-refractivity contribution is -0.153. The smallest absolute Gasteiger partial charge is 0.422 e. The highest BCUT2D eigenvalue weighted by Gasteiger charge is 2.29. The molecule has 0 atom stereocenters. The fraction of sp³-hybridized carbons (Fsp3) is 0.312. The lowest BCUT2D eigenvalue weighted by atomic mass is 10.2. The van der Waals surface area contributed by atoms with Gasteiger partial charge in [0.2, 0.25) is 0 Å². The quantitative estimate of drug-likeness (QED) is 0.715. The van der Waals surface area contributed by atoms with E-state index in [-0.39, 0.29) is 23.7 Å². The van der Waals surface area contributed by atoms with Crippen molar-refractivity contribution < 1.29 is 31.9 Å². The number of urea groups is 1. The first-order valence-corrected chi connectivity index (χ1v) is 8.11. The van der Waals surface area contributed by atoms with Crippen LogP contribution in [0, 0.1) is 0 Å². The van der Waals surface area contributed by atoms with Gasteiger partial charge in [0.1, 0.15) is 5.76 Å². The van der Waals surface area contributed by atoms with Gasteiger partial charge in [-0.15, -0.1) is 0 Å². The summed E-state index contributed by atoms with van der Waals surface area (Å²) in [5.41, 5.74) is 0.264. The van der Waals surface area contributed by atoms with Crippen LogP contribution in [0.3, 0.4) is 0 Å². The molecule has 0 saturated heterocycles. The Morgan fingerprint density at radius 3 is 2.58 bits per heavy atom. The Hall–Kier alpha value is -2.36. The Morgan fingerprint density at radius 2 is 2.00 bits per heavy atom. The molecule has 26 heavy (non-hydrogen) atoms. The van der Waals surface area contributed by atoms with Gasteiger partial charge in [-0.25, -0.2) is 4.79 Å². The fourth-order valence-electron chi connectivity index (χ4n) is 1.99. The Morgan fingerprint density at radius 1 is 1.27 bits per heavy atom. The minimum atomic E-state index is -4.48. The van der Waals surface area contributed by atoms with Crippen LogP contribution in [0.2, 0.25) is 0 Å². The van der Waals surface area contributed by atoms with E-state index in [9.17, 15) is 18.0 Å². The third-order valence-electron chi connectivity index (χ3n) is 3.17. The molecule has 1 N–H and O–H groups in total. The summed E-state index contributed by atoms with van der Waals surface area (Å²) in [6.45, 7) is -1.25. The van der Waals surface area contributed by atoms with Crippen LogP contribution in [-0.4, -0.2) is 37.9 Å². The summed E-state index contributed by atoms with van der Waals surface area (Å²) in [4.78, 5) is 13.6. The van der Waals surface area contributed by atoms with Gasteiger partial charge < -0.3 is 24.1 Å². The average Bonchev–Trinajstić information content (AvgIpc) is 2.97. The monoisotopic (exact) mass is 436 g/mol. The van der Waals surface area contributed by atoms with Crippen LogP contribution in [0.4, 0.5) is 23.7 Å². The largest absolute Gasteiger partial charge is 0.493 e. The number of rotatable bonds is 6. The van der Waals surface area contributed by atoms with E-state index in [1.807, 2.05) is 0 Å². The number of nitrogens with one attached hydrogen (secondary N) is 1. The molecule has 6 nitrogen and oxygen atoms in total. The second-order valence-corrected chi connectivity index (χ2v) is 6.04. The first kappa shape index (κ1) is 20.0. The lowest BCUT2D eigenvalue weighted by Crippen LogP contribution is -2.30. The Labute approximate surface area is 156 Å². The van der Waals surface area contributed by atoms with E-state index in [0.717, 1.165) is 0 Å². The Bertz CT molecular complexity index is 764. The summed E-state index contributed by atoms with van der Waals surface area (Å²) in [5.74, 6) is 0.569. The van der Waals surface area contributed by atoms with Crippen LogP contribution in [0.1, 0.15) is 5.76 Å². The van der Waals surface area contributed by atoms with Gasteiger partial charge in [-0.05, 0) is 40.2 Å². The average molecular weight is 437 g/mol. The second-order valence-electron chi connectivity index (χ2n) is 5.26. The number of alkyl halides is 3. The maximum atomic E-state index is 12.3. The van der Waals surface area contributed by atoms with Crippen LogP contribution < -0.4 is 14.8 Å². The topological polar surface area (TPSA) is 63.9 Å². The summed E-state index contributed by atoms with van der Waals surface area (Å²) >= 11 is 3.17. The van der Waals surface area contributed by atoms with Gasteiger partial charge in [0, 0.05) is 18.8 Å². The van der Waals surface area contributed by atoms with E-state index in [1.54, 1.807) is 19.2 Å². The van der Waals surface area contributed by atoms with Crippen molar-refractivity contribution in [2.75, 3.05) is 26.1 Å². The molecule has 0 radical (unpaired) electrons. The minimum Gasteiger partial charge on any atom is -0.493 e. The highest BCUT2D eigenvalue weighted by Crippen LogP contribution is 2.31. The van der Waals surface area contributed by atoms with Crippen molar-refractivity contribution in [3.8, 4) is 11.5 Å². The van der Waals surface area contributed by atoms with E-state index in [4.69, 9.17) is 13.9 Å². The number of anilines is 1. The van der Waals surface area contributed by atoms with Crippen molar-refractivity contribution in [3.05, 3.63) is 40.8 Å². The number of methoxy groups -OCH3 is 1. The number of ether oxygens (including phenoxy) is 2. The van der Waals surface area contributed by atoms with E-state index in [2.05, 4.69) is 21.2 Å². The van der Waals surface area contributed by atoms with Gasteiger partial charge in [-0.3, -0.25) is 0 Å². The van der Waals surface area contributed by atoms with E-state index in [1.165, 1.54) is 30.2 Å². The van der Waals surface area contributed by atoms with Gasteiger partial charge in [0.15, 0.2) is 22.8 Å². The summed E-state index contributed by atoms with van der Waals surface area (Å²) < 4.78 is 52.6. The normalized spacial score (nSPS) is 11.2. The molecule has 10 heteroatoms. The molecular formula is C16H16BrF3N2O4. The standard InChI is InChI=1S/C16H16BrF3N2O4/c1-22(8-11-4-6-14(17)26-11)15(23)21-10-3-5-12(24-2)13(7-10)25-9-16(18,19)20/h3-7H,8-9H2,1-2H3,(H,21,23). The lowest BCUT2D eigenvalue weighted by Gasteiger charge is -2.18. The molecule has 0 aliphatic carbocycles. The number of hydrogen-bond donors (Lipinski definition) is 1. The summed E-state index contributed by atoms with van der Waals surface area (Å²) in [5, 5.41) is 2.57. The molecule has 0 bridgehead atoms. The highest BCUT2D eigenvalue weighted by atomic mass is 79.9. The third-order valence-corrected chi connectivity index (χ3v) is 3.60. The highest BCUT2D eigenvalue weighted by molar-refractivity contribution is 9.10. The van der Waals surface area contributed by atoms with Gasteiger partial charge >= 0.3 is 12.2 Å². The maximum Gasteiger partial charge on any atom is 0.422 e. The Kier molecular flexibility index (Phi) is 6.41. The van der Waals surface area contributed by atoms with Crippen LogP contribution in [-0.2, 0) is 6.54 Å². The van der Waals surface area contributed by atoms with Crippen LogP contribution in [0.15, 0.2) is 39.4 Å². The molecule has 1 aromatic heterocycles. The number of carbonyl (C=O) groups is 1. The number of furan rings is 1. The van der Waals surface area contributed by atoms with Crippen molar-refractivity contribution >= 4 is 27.6 Å². The predicted molar refractivity (Wildman–Crippen MR) is 91.4 cm³/mol. The molecule has 2 aromatic rings. The zero-order valence-corrected chi connectivity index (χ0v) is 15.5. The number of halogens is 4. The second kappa shape index (κ2) is 8.35. The fourth-order valence-corrected chi connectivity index (χ4v) is 2.33. The van der Waals surface area contributed by atoms with Crippen LogP contribution in [0.25, 0.3) is 0 Å². The van der Waals surface area contributed by atoms with Crippen LogP contribution >= 0.6 is 15.9 Å². The third kappa shape index (κ3) is 5.87. The van der Waals surface area contributed by atoms with Gasteiger partial charge in [0.25, 0.3) is 0 Å². The molecule has 0 spiro atoms. The minimum absolute atomic E-state index is 0.125. The van der Waals surface area contributed by atoms with Gasteiger partial charge in [-0.1, -0.05) is 0 Å². The SMILES string of the molecule is COc1ccc(NC(=O)N(C)Cc2ccc(Br)o2)cc1OCC(F)(F)F. The molecule has 1 heterocycles. The predicted octanol–water partition coefficient (Wildman–Crippen LogP) is 4.66. The van der Waals surface area contributed by atoms with Crippen molar-refractivity contribution in [3.63, 3.8) is 0 Å². The molecule has 0 saturated carbocycles. The molecule has 1 aromatic carbocycles. The first-order valence-electron chi connectivity index (χ1n) is 7.32. The molecule has 0 aliphatic heterocycles. The van der Waals surface area contributed by atoms with Crippen molar-refractivity contribution in [1.29, 1.82) is 0 Å². The first-order chi connectivity index (χ1) is 12.2. The molecule has 142 valence electrons.